The van der Waals surface area contributed by atoms with Crippen LogP contribution in [-0.4, -0.2) is 23.4 Å². The first kappa shape index (κ1) is 4.77. The van der Waals surface area contributed by atoms with Crippen molar-refractivity contribution in [2.75, 3.05) is 13.2 Å². The molecule has 0 fully saturated rings. The molecule has 0 aromatic carbocycles. The summed E-state index contributed by atoms with van der Waals surface area (Å²) in [5, 5.41) is 16.9. The van der Waals surface area contributed by atoms with Gasteiger partial charge in [0, 0.05) is 13.2 Å². The predicted molar refractivity (Wildman–Crippen MR) is 32.6 cm³/mol. The zero-order chi connectivity index (χ0) is 8.04. The van der Waals surface area contributed by atoms with Crippen LogP contribution in [-0.2, 0) is 0 Å². The zero-order valence-electron chi connectivity index (χ0n) is 6.93. The largest absolute Gasteiger partial charge is 0.396 e. The molecule has 0 aliphatic rings. The summed E-state index contributed by atoms with van der Waals surface area (Å²) in [5.74, 6) is 0. The fourth-order valence-electron chi connectivity index (χ4n) is 0.493. The number of aliphatic hydroxyl groups is 2. The highest BCUT2D eigenvalue weighted by atomic mass is 16.3. The maximum atomic E-state index is 8.59. The highest BCUT2D eigenvalue weighted by Crippen LogP contribution is 1.96. The van der Waals surface area contributed by atoms with E-state index in [1.54, 1.807) is 0 Å². The molecular weight excluding hydrogens is 105 g/mol. The van der Waals surface area contributed by atoms with Crippen molar-refractivity contribution in [2.24, 2.45) is 0 Å². The number of hydrogen-bond donors (Lipinski definition) is 2. The molecule has 0 aromatic heterocycles. The van der Waals surface area contributed by atoms with E-state index in [4.69, 9.17) is 13.0 Å². The fraction of sp³-hybridized carbons (Fsp3) is 1.00. The van der Waals surface area contributed by atoms with Crippen molar-refractivity contribution in [1.82, 2.24) is 0 Å². The molecule has 2 N–H and O–H groups in total. The molecule has 2 heteroatoms. The van der Waals surface area contributed by atoms with Crippen molar-refractivity contribution < 1.29 is 13.0 Å². The molecular formula is C6H14O2. The van der Waals surface area contributed by atoms with Crippen molar-refractivity contribution >= 4 is 0 Å². The van der Waals surface area contributed by atoms with Gasteiger partial charge in [0.2, 0.25) is 0 Å². The van der Waals surface area contributed by atoms with E-state index in [1.165, 1.54) is 0 Å². The van der Waals surface area contributed by atoms with E-state index in [0.29, 0.717) is 12.8 Å². The van der Waals surface area contributed by atoms with Crippen LogP contribution in [0.2, 0.25) is 0 Å². The predicted octanol–water partition coefficient (Wildman–Crippen LogP) is 0.531. The number of rotatable bonds is 5. The van der Waals surface area contributed by atoms with Gasteiger partial charge >= 0.3 is 0 Å². The van der Waals surface area contributed by atoms with E-state index >= 15 is 0 Å². The molecule has 0 heterocycles. The summed E-state index contributed by atoms with van der Waals surface area (Å²) < 4.78 is 13.5. The van der Waals surface area contributed by atoms with Crippen molar-refractivity contribution in [1.29, 1.82) is 0 Å². The fourth-order valence-corrected chi connectivity index (χ4v) is 0.493. The summed E-state index contributed by atoms with van der Waals surface area (Å²) in [4.78, 5) is 0. The summed E-state index contributed by atoms with van der Waals surface area (Å²) >= 11 is 0. The van der Waals surface area contributed by atoms with Gasteiger partial charge in [0.15, 0.2) is 0 Å². The van der Waals surface area contributed by atoms with Gasteiger partial charge < -0.3 is 10.2 Å². The highest BCUT2D eigenvalue weighted by molar-refractivity contribution is 4.39. The summed E-state index contributed by atoms with van der Waals surface area (Å²) in [6, 6.07) is 0. The number of hydrogen-bond acceptors (Lipinski definition) is 2. The minimum atomic E-state index is -2.03. The highest BCUT2D eigenvalue weighted by Gasteiger charge is 1.84. The molecule has 2 nitrogen and oxygen atoms in total. The Morgan fingerprint density at radius 3 is 2.12 bits per heavy atom. The van der Waals surface area contributed by atoms with Gasteiger partial charge in [-0.1, -0.05) is 12.8 Å². The van der Waals surface area contributed by atoms with Crippen LogP contribution < -0.4 is 0 Å². The Balaban J connectivity index is 3.04. The molecule has 0 atom stereocenters. The second-order valence-corrected chi connectivity index (χ2v) is 1.69. The average Bonchev–Trinajstić information content (AvgIpc) is 1.78. The van der Waals surface area contributed by atoms with Crippen LogP contribution in [0.1, 0.15) is 28.4 Å². The second kappa shape index (κ2) is 6.92. The molecule has 0 amide bonds. The molecule has 8 heavy (non-hydrogen) atoms. The molecule has 0 aliphatic carbocycles. The summed E-state index contributed by atoms with van der Waals surface area (Å²) in [5.41, 5.74) is 0. The second-order valence-electron chi connectivity index (χ2n) is 1.69. The maximum absolute atomic E-state index is 8.59. The topological polar surface area (TPSA) is 40.5 Å². The van der Waals surface area contributed by atoms with Crippen LogP contribution in [0, 0.1) is 0 Å². The van der Waals surface area contributed by atoms with Crippen LogP contribution in [0.5, 0.6) is 0 Å². The lowest BCUT2D eigenvalue weighted by atomic mass is 10.2. The third-order valence-electron chi connectivity index (χ3n) is 0.947. The van der Waals surface area contributed by atoms with Crippen LogP contribution in [0.15, 0.2) is 0 Å². The van der Waals surface area contributed by atoms with Crippen LogP contribution in [0.25, 0.3) is 0 Å². The molecule has 0 unspecified atom stereocenters. The van der Waals surface area contributed by atoms with Gasteiger partial charge in [-0.25, -0.2) is 0 Å². The van der Waals surface area contributed by atoms with Gasteiger partial charge in [-0.3, -0.25) is 0 Å². The molecule has 50 valence electrons. The third-order valence-corrected chi connectivity index (χ3v) is 0.947. The lowest BCUT2D eigenvalue weighted by Gasteiger charge is -1.93. The van der Waals surface area contributed by atoms with Crippen molar-refractivity contribution in [2.45, 2.75) is 25.7 Å². The van der Waals surface area contributed by atoms with E-state index in [1.807, 2.05) is 0 Å². The zero-order valence-corrected chi connectivity index (χ0v) is 4.93. The SMILES string of the molecule is [2H][13C]([2H])(O)CCCCCO. The lowest BCUT2D eigenvalue weighted by Crippen LogP contribution is -1.85. The molecule has 0 aliphatic heterocycles. The monoisotopic (exact) mass is 121 g/mol. The van der Waals surface area contributed by atoms with E-state index in [2.05, 4.69) is 0 Å². The summed E-state index contributed by atoms with van der Waals surface area (Å²) in [6.45, 7) is -1.89. The minimum Gasteiger partial charge on any atom is -0.396 e. The van der Waals surface area contributed by atoms with E-state index in [-0.39, 0.29) is 13.0 Å². The lowest BCUT2D eigenvalue weighted by molar-refractivity contribution is 0.265. The van der Waals surface area contributed by atoms with Gasteiger partial charge in [-0.05, 0) is 12.8 Å². The maximum Gasteiger partial charge on any atom is 0.0564 e. The molecule has 0 saturated carbocycles. The smallest absolute Gasteiger partial charge is 0.0564 e. The van der Waals surface area contributed by atoms with E-state index in [9.17, 15) is 0 Å². The Morgan fingerprint density at radius 1 is 1.00 bits per heavy atom. The van der Waals surface area contributed by atoms with Gasteiger partial charge in [0.05, 0.1) is 2.74 Å². The Labute approximate surface area is 53.0 Å². The Morgan fingerprint density at radius 2 is 1.62 bits per heavy atom. The first-order valence-corrected chi connectivity index (χ1v) is 2.89. The van der Waals surface area contributed by atoms with E-state index in [0.717, 1.165) is 6.42 Å². The average molecular weight is 121 g/mol. The molecule has 0 bridgehead atoms. The van der Waals surface area contributed by atoms with Crippen LogP contribution in [0.4, 0.5) is 0 Å². The van der Waals surface area contributed by atoms with Crippen LogP contribution >= 0.6 is 0 Å². The Kier molecular flexibility index (Phi) is 4.12. The molecule has 0 spiro atoms. The molecule has 0 radical (unpaired) electrons. The van der Waals surface area contributed by atoms with Crippen LogP contribution in [0.3, 0.4) is 0 Å². The van der Waals surface area contributed by atoms with Crippen molar-refractivity contribution in [3.63, 3.8) is 0 Å². The molecule has 0 aromatic rings. The Bertz CT molecular complexity index is 80.3. The molecule has 0 saturated heterocycles. The number of unbranched alkanes of at least 4 members (excludes halogenated alkanes) is 2. The number of aliphatic hydroxyl groups excluding tert-OH is 1. The standard InChI is InChI=1S/C6H14O2/c7-5-3-1-2-4-6-8/h7-8H,1-6H2/i5+1D2. The normalized spacial score (nSPS) is 15.2. The van der Waals surface area contributed by atoms with Gasteiger partial charge in [-0.15, -0.1) is 0 Å². The van der Waals surface area contributed by atoms with Crippen molar-refractivity contribution in [3.8, 4) is 0 Å². The summed E-state index contributed by atoms with van der Waals surface area (Å²) in [6.07, 6.45) is 2.25. The Hall–Kier alpha value is -0.0800. The quantitative estimate of drug-likeness (QED) is 0.411. The minimum absolute atomic E-state index is 0.147. The summed E-state index contributed by atoms with van der Waals surface area (Å²) in [7, 11) is 0. The van der Waals surface area contributed by atoms with Gasteiger partial charge in [0.1, 0.15) is 0 Å². The first-order valence-electron chi connectivity index (χ1n) is 3.89. The first-order chi connectivity index (χ1) is 4.56. The third kappa shape index (κ3) is 5.92. The van der Waals surface area contributed by atoms with Crippen molar-refractivity contribution in [3.05, 3.63) is 0 Å². The van der Waals surface area contributed by atoms with Gasteiger partial charge in [0.25, 0.3) is 0 Å². The van der Waals surface area contributed by atoms with Gasteiger partial charge in [-0.2, -0.15) is 0 Å². The molecule has 0 rings (SSSR count). The van der Waals surface area contributed by atoms with E-state index < -0.39 is 6.56 Å².